The first-order chi connectivity index (χ1) is 7.79. The van der Waals surface area contributed by atoms with E-state index in [0.717, 1.165) is 12.3 Å². The van der Waals surface area contributed by atoms with E-state index in [1.807, 2.05) is 0 Å². The topological polar surface area (TPSA) is 54.4 Å². The van der Waals surface area contributed by atoms with Crippen molar-refractivity contribution in [3.63, 3.8) is 0 Å². The summed E-state index contributed by atoms with van der Waals surface area (Å²) in [6, 6.07) is 4.01. The van der Waals surface area contributed by atoms with Crippen molar-refractivity contribution in [2.75, 3.05) is 12.0 Å². The molecule has 0 bridgehead atoms. The fraction of sp³-hybridized carbons (Fsp3) is 0.455. The lowest BCUT2D eigenvalue weighted by Crippen LogP contribution is -2.06. The van der Waals surface area contributed by atoms with Crippen molar-refractivity contribution in [1.82, 2.24) is 0 Å². The van der Waals surface area contributed by atoms with Crippen molar-refractivity contribution in [3.8, 4) is 0 Å². The molecule has 0 radical (unpaired) electrons. The molecule has 0 saturated carbocycles. The van der Waals surface area contributed by atoms with E-state index in [1.165, 1.54) is 12.1 Å². The molecule has 6 heteroatoms. The number of benzene rings is 1. The van der Waals surface area contributed by atoms with E-state index in [9.17, 15) is 17.9 Å². The number of aliphatic hydroxyl groups is 1. The highest BCUT2D eigenvalue weighted by molar-refractivity contribution is 7.90. The zero-order chi connectivity index (χ0) is 13.1. The van der Waals surface area contributed by atoms with Crippen molar-refractivity contribution in [2.45, 2.75) is 18.9 Å². The maximum Gasteiger partial charge on any atom is 0.147 e. The van der Waals surface area contributed by atoms with Crippen molar-refractivity contribution in [1.29, 1.82) is 0 Å². The van der Waals surface area contributed by atoms with Gasteiger partial charge in [0.05, 0.1) is 6.10 Å². The number of sulfone groups is 1. The summed E-state index contributed by atoms with van der Waals surface area (Å²) in [6.07, 6.45) is 0.615. The summed E-state index contributed by atoms with van der Waals surface area (Å²) < 4.78 is 35.2. The Kier molecular flexibility index (Phi) is 4.91. The highest BCUT2D eigenvalue weighted by Crippen LogP contribution is 2.24. The molecule has 0 spiro atoms. The highest BCUT2D eigenvalue weighted by Gasteiger charge is 2.14. The Morgan fingerprint density at radius 2 is 2.12 bits per heavy atom. The largest absolute Gasteiger partial charge is 0.388 e. The monoisotopic (exact) mass is 280 g/mol. The predicted octanol–water partition coefficient (Wildman–Crippen LogP) is 2.34. The van der Waals surface area contributed by atoms with Crippen LogP contribution in [0.15, 0.2) is 18.2 Å². The van der Waals surface area contributed by atoms with Crippen molar-refractivity contribution in [3.05, 3.63) is 34.6 Å². The standard InChI is InChI=1S/C11H14ClFO3S/c1-17(15,16)6-2-3-11(14)9-5-4-8(12)7-10(9)13/h4-5,7,11,14H,2-3,6H2,1H3. The summed E-state index contributed by atoms with van der Waals surface area (Å²) in [7, 11) is -3.04. The van der Waals surface area contributed by atoms with E-state index in [4.69, 9.17) is 11.6 Å². The molecule has 0 aliphatic carbocycles. The molecule has 1 unspecified atom stereocenters. The Labute approximate surface area is 105 Å². The second-order valence-electron chi connectivity index (χ2n) is 3.95. The highest BCUT2D eigenvalue weighted by atomic mass is 35.5. The summed E-state index contributed by atoms with van der Waals surface area (Å²) in [4.78, 5) is 0. The first-order valence-corrected chi connectivity index (χ1v) is 7.54. The minimum Gasteiger partial charge on any atom is -0.388 e. The van der Waals surface area contributed by atoms with Gasteiger partial charge in [0.15, 0.2) is 0 Å². The van der Waals surface area contributed by atoms with Crippen LogP contribution in [0.3, 0.4) is 0 Å². The SMILES string of the molecule is CS(=O)(=O)CCCC(O)c1ccc(Cl)cc1F. The average molecular weight is 281 g/mol. The van der Waals surface area contributed by atoms with Crippen LogP contribution in [0.4, 0.5) is 4.39 Å². The van der Waals surface area contributed by atoms with E-state index >= 15 is 0 Å². The van der Waals surface area contributed by atoms with Crippen molar-refractivity contribution >= 4 is 21.4 Å². The number of halogens is 2. The lowest BCUT2D eigenvalue weighted by atomic mass is 10.1. The van der Waals surface area contributed by atoms with Crippen LogP contribution in [0.25, 0.3) is 0 Å². The summed E-state index contributed by atoms with van der Waals surface area (Å²) in [6.45, 7) is 0. The third kappa shape index (κ3) is 5.02. The van der Waals surface area contributed by atoms with Gasteiger partial charge in [0.25, 0.3) is 0 Å². The van der Waals surface area contributed by atoms with Gasteiger partial charge in [0, 0.05) is 22.6 Å². The van der Waals surface area contributed by atoms with Gasteiger partial charge in [-0.15, -0.1) is 0 Å². The van der Waals surface area contributed by atoms with Crippen LogP contribution < -0.4 is 0 Å². The van der Waals surface area contributed by atoms with Gasteiger partial charge in [0.1, 0.15) is 15.7 Å². The number of hydrogen-bond donors (Lipinski definition) is 1. The van der Waals surface area contributed by atoms with Crippen molar-refractivity contribution < 1.29 is 17.9 Å². The quantitative estimate of drug-likeness (QED) is 0.901. The van der Waals surface area contributed by atoms with E-state index in [2.05, 4.69) is 0 Å². The van der Waals surface area contributed by atoms with Gasteiger partial charge in [-0.05, 0) is 25.0 Å². The fourth-order valence-electron chi connectivity index (χ4n) is 1.47. The maximum atomic E-state index is 13.4. The van der Waals surface area contributed by atoms with Gasteiger partial charge in [-0.1, -0.05) is 17.7 Å². The van der Waals surface area contributed by atoms with Crippen LogP contribution in [0.5, 0.6) is 0 Å². The summed E-state index contributed by atoms with van der Waals surface area (Å²) in [5.74, 6) is -0.594. The molecule has 1 atom stereocenters. The Hall–Kier alpha value is -0.650. The molecule has 0 aromatic heterocycles. The second kappa shape index (κ2) is 5.80. The summed E-state index contributed by atoms with van der Waals surface area (Å²) >= 11 is 5.58. The zero-order valence-corrected chi connectivity index (χ0v) is 10.9. The van der Waals surface area contributed by atoms with E-state index in [1.54, 1.807) is 0 Å². The van der Waals surface area contributed by atoms with E-state index < -0.39 is 21.8 Å². The minimum absolute atomic E-state index is 0.0146. The van der Waals surface area contributed by atoms with E-state index in [-0.39, 0.29) is 22.8 Å². The Balaban J connectivity index is 2.61. The van der Waals surface area contributed by atoms with Gasteiger partial charge >= 0.3 is 0 Å². The summed E-state index contributed by atoms with van der Waals surface area (Å²) in [5, 5.41) is 9.97. The molecule has 3 nitrogen and oxygen atoms in total. The van der Waals surface area contributed by atoms with Gasteiger partial charge < -0.3 is 5.11 Å². The molecular formula is C11H14ClFO3S. The van der Waals surface area contributed by atoms with Gasteiger partial charge in [-0.3, -0.25) is 0 Å². The normalized spacial score (nSPS) is 13.6. The molecule has 0 fully saturated rings. The van der Waals surface area contributed by atoms with Crippen LogP contribution in [-0.2, 0) is 9.84 Å². The second-order valence-corrected chi connectivity index (χ2v) is 6.65. The maximum absolute atomic E-state index is 13.4. The Bertz CT molecular complexity index is 487. The number of hydrogen-bond acceptors (Lipinski definition) is 3. The third-order valence-corrected chi connectivity index (χ3v) is 3.58. The van der Waals surface area contributed by atoms with Crippen LogP contribution in [0, 0.1) is 5.82 Å². The minimum atomic E-state index is -3.04. The van der Waals surface area contributed by atoms with Gasteiger partial charge in [-0.2, -0.15) is 0 Å². The Morgan fingerprint density at radius 3 is 2.65 bits per heavy atom. The van der Waals surface area contributed by atoms with Crippen LogP contribution in [-0.4, -0.2) is 25.5 Å². The molecule has 1 aromatic carbocycles. The molecule has 0 amide bonds. The summed E-state index contributed by atoms with van der Waals surface area (Å²) in [5.41, 5.74) is 0.142. The molecule has 0 aliphatic rings. The van der Waals surface area contributed by atoms with Crippen LogP contribution in [0.1, 0.15) is 24.5 Å². The molecular weight excluding hydrogens is 267 g/mol. The van der Waals surface area contributed by atoms with Crippen LogP contribution in [0.2, 0.25) is 5.02 Å². The molecule has 1 aromatic rings. The molecule has 0 aliphatic heterocycles. The molecule has 1 rings (SSSR count). The first kappa shape index (κ1) is 14.4. The molecule has 1 N–H and O–H groups in total. The third-order valence-electron chi connectivity index (χ3n) is 2.31. The van der Waals surface area contributed by atoms with Gasteiger partial charge in [-0.25, -0.2) is 12.8 Å². The molecule has 0 heterocycles. The van der Waals surface area contributed by atoms with Crippen molar-refractivity contribution in [2.24, 2.45) is 0 Å². The number of aliphatic hydroxyl groups excluding tert-OH is 1. The first-order valence-electron chi connectivity index (χ1n) is 5.10. The van der Waals surface area contributed by atoms with Crippen LogP contribution >= 0.6 is 11.6 Å². The Morgan fingerprint density at radius 1 is 1.47 bits per heavy atom. The lowest BCUT2D eigenvalue weighted by Gasteiger charge is -2.11. The molecule has 17 heavy (non-hydrogen) atoms. The fourth-order valence-corrected chi connectivity index (χ4v) is 2.32. The van der Waals surface area contributed by atoms with E-state index in [0.29, 0.717) is 6.42 Å². The average Bonchev–Trinajstić information content (AvgIpc) is 2.15. The number of rotatable bonds is 5. The smallest absolute Gasteiger partial charge is 0.147 e. The molecule has 0 saturated heterocycles. The zero-order valence-electron chi connectivity index (χ0n) is 9.36. The molecule has 96 valence electrons. The predicted molar refractivity (Wildman–Crippen MR) is 65.3 cm³/mol. The lowest BCUT2D eigenvalue weighted by molar-refractivity contribution is 0.162. The van der Waals surface area contributed by atoms with Gasteiger partial charge in [0.2, 0.25) is 0 Å².